The molecule has 1 aromatic carbocycles. The first kappa shape index (κ1) is 10.4. The highest BCUT2D eigenvalue weighted by molar-refractivity contribution is 5.41. The zero-order valence-electron chi connectivity index (χ0n) is 8.68. The molecule has 15 heavy (non-hydrogen) atoms. The molecule has 0 heterocycles. The minimum absolute atomic E-state index is 0.00528. The van der Waals surface area contributed by atoms with Gasteiger partial charge in [-0.2, -0.15) is 0 Å². The molecule has 1 aliphatic rings. The lowest BCUT2D eigenvalue weighted by molar-refractivity contribution is -0.346. The number of rotatable bonds is 2. The van der Waals surface area contributed by atoms with Crippen molar-refractivity contribution in [1.29, 1.82) is 0 Å². The van der Waals surface area contributed by atoms with E-state index in [9.17, 15) is 5.11 Å². The summed E-state index contributed by atoms with van der Waals surface area (Å²) in [6.07, 6.45) is 2.33. The molecule has 0 saturated carbocycles. The van der Waals surface area contributed by atoms with E-state index in [0.29, 0.717) is 5.75 Å². The standard InChI is InChI=1S/C11H15NO3/c1-12(14)15-9-5-6-10-8(7-9)3-2-4-11(10)13/h2-4,9,13-14H,5-7H2,1H3. The average molecular weight is 209 g/mol. The maximum atomic E-state index is 9.62. The van der Waals surface area contributed by atoms with Crippen LogP contribution in [0.3, 0.4) is 0 Å². The fourth-order valence-electron chi connectivity index (χ4n) is 2.06. The summed E-state index contributed by atoms with van der Waals surface area (Å²) in [5, 5.41) is 19.3. The topological polar surface area (TPSA) is 52.9 Å². The monoisotopic (exact) mass is 209 g/mol. The van der Waals surface area contributed by atoms with Gasteiger partial charge in [0.05, 0.1) is 6.10 Å². The Bertz CT molecular complexity index is 352. The number of nitrogens with zero attached hydrogens (tertiary/aromatic N) is 1. The molecule has 0 aliphatic heterocycles. The van der Waals surface area contributed by atoms with Gasteiger partial charge in [0.1, 0.15) is 5.75 Å². The van der Waals surface area contributed by atoms with E-state index in [0.717, 1.165) is 35.6 Å². The third kappa shape index (κ3) is 2.28. The van der Waals surface area contributed by atoms with Crippen LogP contribution >= 0.6 is 0 Å². The van der Waals surface area contributed by atoms with E-state index < -0.39 is 0 Å². The van der Waals surface area contributed by atoms with Gasteiger partial charge in [0, 0.05) is 13.5 Å². The molecule has 0 fully saturated rings. The molecule has 4 nitrogen and oxygen atoms in total. The van der Waals surface area contributed by atoms with Crippen LogP contribution in [0.4, 0.5) is 0 Å². The number of phenols is 1. The number of benzene rings is 1. The largest absolute Gasteiger partial charge is 0.508 e. The van der Waals surface area contributed by atoms with Crippen LogP contribution < -0.4 is 0 Å². The average Bonchev–Trinajstić information content (AvgIpc) is 2.17. The minimum Gasteiger partial charge on any atom is -0.508 e. The summed E-state index contributed by atoms with van der Waals surface area (Å²) in [6.45, 7) is 0. The first-order valence-corrected chi connectivity index (χ1v) is 5.06. The number of hydrogen-bond acceptors (Lipinski definition) is 4. The van der Waals surface area contributed by atoms with Crippen LogP contribution in [0.5, 0.6) is 5.75 Å². The van der Waals surface area contributed by atoms with Gasteiger partial charge in [-0.05, 0) is 30.0 Å². The number of fused-ring (bicyclic) bond motifs is 1. The lowest BCUT2D eigenvalue weighted by Gasteiger charge is -2.26. The molecule has 1 unspecified atom stereocenters. The number of phenolic OH excluding ortho intramolecular Hbond substituents is 1. The molecule has 1 aliphatic carbocycles. The Labute approximate surface area is 88.6 Å². The highest BCUT2D eigenvalue weighted by atomic mass is 16.9. The first-order valence-electron chi connectivity index (χ1n) is 5.06. The van der Waals surface area contributed by atoms with Crippen molar-refractivity contribution in [3.63, 3.8) is 0 Å². The summed E-state index contributed by atoms with van der Waals surface area (Å²) in [4.78, 5) is 5.20. The van der Waals surface area contributed by atoms with Crippen LogP contribution in [0.2, 0.25) is 0 Å². The van der Waals surface area contributed by atoms with Crippen molar-refractivity contribution >= 4 is 0 Å². The Morgan fingerprint density at radius 1 is 1.47 bits per heavy atom. The van der Waals surface area contributed by atoms with Crippen LogP contribution in [0.25, 0.3) is 0 Å². The Balaban J connectivity index is 2.13. The fraction of sp³-hybridized carbons (Fsp3) is 0.455. The van der Waals surface area contributed by atoms with Crippen molar-refractivity contribution in [1.82, 2.24) is 5.23 Å². The first-order chi connectivity index (χ1) is 7.16. The predicted octanol–water partition coefficient (Wildman–Crippen LogP) is 1.50. The van der Waals surface area contributed by atoms with Gasteiger partial charge in [-0.15, -0.1) is 0 Å². The molecular weight excluding hydrogens is 194 g/mol. The molecule has 2 rings (SSSR count). The van der Waals surface area contributed by atoms with Crippen molar-refractivity contribution in [2.45, 2.75) is 25.4 Å². The molecular formula is C11H15NO3. The van der Waals surface area contributed by atoms with E-state index in [4.69, 9.17) is 10.0 Å². The van der Waals surface area contributed by atoms with Crippen molar-refractivity contribution in [3.8, 4) is 5.75 Å². The molecule has 0 bridgehead atoms. The number of hydroxylamine groups is 2. The van der Waals surface area contributed by atoms with E-state index in [1.807, 2.05) is 12.1 Å². The van der Waals surface area contributed by atoms with E-state index in [-0.39, 0.29) is 6.10 Å². The van der Waals surface area contributed by atoms with Gasteiger partial charge in [-0.3, -0.25) is 10.0 Å². The third-order valence-corrected chi connectivity index (χ3v) is 2.71. The molecule has 0 radical (unpaired) electrons. The van der Waals surface area contributed by atoms with Crippen LogP contribution in [0, 0.1) is 0 Å². The predicted molar refractivity (Wildman–Crippen MR) is 54.6 cm³/mol. The Morgan fingerprint density at radius 3 is 3.00 bits per heavy atom. The lowest BCUT2D eigenvalue weighted by Crippen LogP contribution is -2.29. The zero-order chi connectivity index (χ0) is 10.8. The SMILES string of the molecule is CN(O)OC1CCc2c(O)cccc2C1. The maximum absolute atomic E-state index is 9.62. The smallest absolute Gasteiger partial charge is 0.119 e. The van der Waals surface area contributed by atoms with Crippen molar-refractivity contribution in [2.75, 3.05) is 7.05 Å². The molecule has 1 atom stereocenters. The highest BCUT2D eigenvalue weighted by Gasteiger charge is 2.22. The highest BCUT2D eigenvalue weighted by Crippen LogP contribution is 2.29. The third-order valence-electron chi connectivity index (χ3n) is 2.71. The van der Waals surface area contributed by atoms with E-state index in [1.165, 1.54) is 7.05 Å². The van der Waals surface area contributed by atoms with Crippen molar-refractivity contribution in [2.24, 2.45) is 0 Å². The number of hydrogen-bond donors (Lipinski definition) is 2. The van der Waals surface area contributed by atoms with Crippen LogP contribution in [-0.2, 0) is 17.7 Å². The van der Waals surface area contributed by atoms with Gasteiger partial charge in [-0.1, -0.05) is 17.4 Å². The Kier molecular flexibility index (Phi) is 2.90. The van der Waals surface area contributed by atoms with Gasteiger partial charge >= 0.3 is 0 Å². The van der Waals surface area contributed by atoms with Crippen LogP contribution in [0.1, 0.15) is 17.5 Å². The summed E-state index contributed by atoms with van der Waals surface area (Å²) in [6, 6.07) is 5.53. The van der Waals surface area contributed by atoms with E-state index >= 15 is 0 Å². The van der Waals surface area contributed by atoms with E-state index in [2.05, 4.69) is 0 Å². The molecule has 82 valence electrons. The minimum atomic E-state index is -0.00528. The summed E-state index contributed by atoms with van der Waals surface area (Å²) in [5.41, 5.74) is 2.12. The lowest BCUT2D eigenvalue weighted by atomic mass is 9.89. The molecule has 0 saturated heterocycles. The van der Waals surface area contributed by atoms with Crippen LogP contribution in [0.15, 0.2) is 18.2 Å². The maximum Gasteiger partial charge on any atom is 0.119 e. The molecule has 0 spiro atoms. The molecule has 1 aromatic rings. The fourth-order valence-corrected chi connectivity index (χ4v) is 2.06. The molecule has 2 N–H and O–H groups in total. The Hall–Kier alpha value is -1.10. The van der Waals surface area contributed by atoms with Gasteiger partial charge in [0.15, 0.2) is 0 Å². The number of aromatic hydroxyl groups is 1. The summed E-state index contributed by atoms with van der Waals surface area (Å²) in [5.74, 6) is 0.364. The molecule has 0 aromatic heterocycles. The molecule has 0 amide bonds. The van der Waals surface area contributed by atoms with Gasteiger partial charge in [0.2, 0.25) is 0 Å². The Morgan fingerprint density at radius 2 is 2.27 bits per heavy atom. The second-order valence-electron chi connectivity index (χ2n) is 3.85. The quantitative estimate of drug-likeness (QED) is 0.725. The van der Waals surface area contributed by atoms with Gasteiger partial charge in [-0.25, -0.2) is 0 Å². The normalized spacial score (nSPS) is 20.3. The van der Waals surface area contributed by atoms with Crippen molar-refractivity contribution < 1.29 is 15.2 Å². The summed E-state index contributed by atoms with van der Waals surface area (Å²) >= 11 is 0. The second-order valence-corrected chi connectivity index (χ2v) is 3.85. The zero-order valence-corrected chi connectivity index (χ0v) is 8.68. The van der Waals surface area contributed by atoms with E-state index in [1.54, 1.807) is 6.07 Å². The molecule has 4 heteroatoms. The summed E-state index contributed by atoms with van der Waals surface area (Å²) < 4.78 is 0. The summed E-state index contributed by atoms with van der Waals surface area (Å²) in [7, 11) is 1.46. The van der Waals surface area contributed by atoms with Crippen molar-refractivity contribution in [3.05, 3.63) is 29.3 Å². The van der Waals surface area contributed by atoms with Gasteiger partial charge in [0.25, 0.3) is 0 Å². The van der Waals surface area contributed by atoms with Gasteiger partial charge < -0.3 is 5.11 Å². The second kappa shape index (κ2) is 4.18. The van der Waals surface area contributed by atoms with Crippen LogP contribution in [-0.4, -0.2) is 28.7 Å².